The second kappa shape index (κ2) is 7.91. The van der Waals surface area contributed by atoms with E-state index < -0.39 is 6.04 Å². The monoisotopic (exact) mass is 305 g/mol. The minimum absolute atomic E-state index is 0.0519. The Labute approximate surface area is 130 Å². The van der Waals surface area contributed by atoms with Crippen LogP contribution in [0.3, 0.4) is 0 Å². The van der Waals surface area contributed by atoms with E-state index in [-0.39, 0.29) is 24.4 Å². The summed E-state index contributed by atoms with van der Waals surface area (Å²) >= 11 is 0. The number of carbonyl (C=O) groups is 2. The zero-order valence-corrected chi connectivity index (χ0v) is 13.0. The van der Waals surface area contributed by atoms with Crippen molar-refractivity contribution in [2.24, 2.45) is 0 Å². The topological polar surface area (TPSA) is 70.7 Å². The Morgan fingerprint density at radius 2 is 2.09 bits per heavy atom. The summed E-state index contributed by atoms with van der Waals surface area (Å²) in [7, 11) is 1.61. The van der Waals surface area contributed by atoms with Crippen LogP contribution in [0.4, 0.5) is 5.69 Å². The number of anilines is 1. The lowest BCUT2D eigenvalue weighted by atomic mass is 10.2. The molecular weight excluding hydrogens is 282 g/mol. The third-order valence-electron chi connectivity index (χ3n) is 3.69. The van der Waals surface area contributed by atoms with E-state index in [2.05, 4.69) is 10.6 Å². The van der Waals surface area contributed by atoms with Gasteiger partial charge >= 0.3 is 0 Å². The van der Waals surface area contributed by atoms with Gasteiger partial charge in [-0.3, -0.25) is 9.59 Å². The molecule has 0 aromatic heterocycles. The quantitative estimate of drug-likeness (QED) is 0.721. The Bertz CT molecular complexity index is 507. The van der Waals surface area contributed by atoms with Crippen molar-refractivity contribution in [3.63, 3.8) is 0 Å². The van der Waals surface area contributed by atoms with E-state index in [9.17, 15) is 9.59 Å². The Hall–Kier alpha value is -1.92. The number of benzene rings is 1. The standard InChI is InChI=1S/C16H23N3O3/c1-12-10-14(18-15(20)11-17-8-9-22-2)16(21)19(12)13-6-4-3-5-7-13/h3-7,12,14,17H,8-11H2,1-2H3,(H,18,20). The molecule has 1 aliphatic heterocycles. The fourth-order valence-corrected chi connectivity index (χ4v) is 2.64. The molecule has 1 heterocycles. The van der Waals surface area contributed by atoms with Crippen molar-refractivity contribution < 1.29 is 14.3 Å². The molecule has 2 rings (SSSR count). The van der Waals surface area contributed by atoms with Gasteiger partial charge in [-0.2, -0.15) is 0 Å². The minimum atomic E-state index is -0.452. The van der Waals surface area contributed by atoms with Crippen LogP contribution < -0.4 is 15.5 Å². The van der Waals surface area contributed by atoms with Gasteiger partial charge in [-0.05, 0) is 25.5 Å². The summed E-state index contributed by atoms with van der Waals surface area (Å²) in [5.74, 6) is -0.222. The van der Waals surface area contributed by atoms with E-state index in [4.69, 9.17) is 4.74 Å². The number of ether oxygens (including phenoxy) is 1. The van der Waals surface area contributed by atoms with E-state index >= 15 is 0 Å². The van der Waals surface area contributed by atoms with Crippen LogP contribution in [-0.4, -0.2) is 50.7 Å². The molecule has 1 aromatic carbocycles. The van der Waals surface area contributed by atoms with Gasteiger partial charge < -0.3 is 20.3 Å². The summed E-state index contributed by atoms with van der Waals surface area (Å²) in [5.41, 5.74) is 0.870. The SMILES string of the molecule is COCCNCC(=O)NC1CC(C)N(c2ccccc2)C1=O. The van der Waals surface area contributed by atoms with Crippen LogP contribution in [0.2, 0.25) is 0 Å². The number of carbonyl (C=O) groups excluding carboxylic acids is 2. The van der Waals surface area contributed by atoms with Crippen LogP contribution in [-0.2, 0) is 14.3 Å². The van der Waals surface area contributed by atoms with Gasteiger partial charge in [0.15, 0.2) is 0 Å². The summed E-state index contributed by atoms with van der Waals surface area (Å²) in [6, 6.07) is 9.16. The molecule has 2 N–H and O–H groups in total. The molecule has 0 radical (unpaired) electrons. The predicted molar refractivity (Wildman–Crippen MR) is 84.7 cm³/mol. The Balaban J connectivity index is 1.89. The van der Waals surface area contributed by atoms with E-state index in [1.807, 2.05) is 37.3 Å². The van der Waals surface area contributed by atoms with Crippen LogP contribution in [0, 0.1) is 0 Å². The molecule has 6 heteroatoms. The molecule has 120 valence electrons. The molecule has 1 aliphatic rings. The van der Waals surface area contributed by atoms with Crippen molar-refractivity contribution in [1.29, 1.82) is 0 Å². The largest absolute Gasteiger partial charge is 0.383 e. The van der Waals surface area contributed by atoms with Crippen molar-refractivity contribution in [1.82, 2.24) is 10.6 Å². The number of amides is 2. The van der Waals surface area contributed by atoms with Gasteiger partial charge in [-0.1, -0.05) is 18.2 Å². The van der Waals surface area contributed by atoms with Crippen LogP contribution in [0.25, 0.3) is 0 Å². The number of hydrogen-bond acceptors (Lipinski definition) is 4. The first-order valence-corrected chi connectivity index (χ1v) is 7.50. The maximum absolute atomic E-state index is 12.5. The summed E-state index contributed by atoms with van der Waals surface area (Å²) in [6.45, 7) is 3.34. The number of nitrogens with zero attached hydrogens (tertiary/aromatic N) is 1. The third kappa shape index (κ3) is 4.05. The van der Waals surface area contributed by atoms with Gasteiger partial charge in [-0.15, -0.1) is 0 Å². The van der Waals surface area contributed by atoms with E-state index in [0.717, 1.165) is 5.69 Å². The highest BCUT2D eigenvalue weighted by Gasteiger charge is 2.38. The molecule has 0 spiro atoms. The maximum atomic E-state index is 12.5. The van der Waals surface area contributed by atoms with Gasteiger partial charge in [0.05, 0.1) is 13.2 Å². The highest BCUT2D eigenvalue weighted by molar-refractivity contribution is 6.02. The highest BCUT2D eigenvalue weighted by Crippen LogP contribution is 2.26. The average molecular weight is 305 g/mol. The van der Waals surface area contributed by atoms with Crippen LogP contribution in [0.5, 0.6) is 0 Å². The van der Waals surface area contributed by atoms with E-state index in [1.165, 1.54) is 0 Å². The van der Waals surface area contributed by atoms with Crippen molar-refractivity contribution in [2.45, 2.75) is 25.4 Å². The lowest BCUT2D eigenvalue weighted by Crippen LogP contribution is -2.45. The maximum Gasteiger partial charge on any atom is 0.249 e. The van der Waals surface area contributed by atoms with Crippen molar-refractivity contribution in [3.8, 4) is 0 Å². The third-order valence-corrected chi connectivity index (χ3v) is 3.69. The summed E-state index contributed by atoms with van der Waals surface area (Å²) in [4.78, 5) is 26.1. The highest BCUT2D eigenvalue weighted by atomic mass is 16.5. The molecule has 2 unspecified atom stereocenters. The molecule has 2 amide bonds. The Morgan fingerprint density at radius 3 is 2.77 bits per heavy atom. The Morgan fingerprint density at radius 1 is 1.36 bits per heavy atom. The second-order valence-corrected chi connectivity index (χ2v) is 5.42. The summed E-state index contributed by atoms with van der Waals surface area (Å²) in [6.07, 6.45) is 0.623. The molecule has 22 heavy (non-hydrogen) atoms. The smallest absolute Gasteiger partial charge is 0.249 e. The van der Waals surface area contributed by atoms with Crippen LogP contribution >= 0.6 is 0 Å². The molecule has 1 aromatic rings. The van der Waals surface area contributed by atoms with Crippen LogP contribution in [0.1, 0.15) is 13.3 Å². The molecular formula is C16H23N3O3. The van der Waals surface area contributed by atoms with Gasteiger partial charge in [0.1, 0.15) is 6.04 Å². The molecule has 2 atom stereocenters. The molecule has 1 fully saturated rings. The Kier molecular flexibility index (Phi) is 5.91. The first-order chi connectivity index (χ1) is 10.6. The summed E-state index contributed by atoms with van der Waals surface area (Å²) in [5, 5.41) is 5.77. The molecule has 0 bridgehead atoms. The minimum Gasteiger partial charge on any atom is -0.383 e. The van der Waals surface area contributed by atoms with E-state index in [1.54, 1.807) is 12.0 Å². The van der Waals surface area contributed by atoms with Crippen molar-refractivity contribution in [2.75, 3.05) is 31.7 Å². The molecule has 1 saturated heterocycles. The lowest BCUT2D eigenvalue weighted by molar-refractivity contribution is -0.125. The summed E-state index contributed by atoms with van der Waals surface area (Å²) < 4.78 is 4.90. The first kappa shape index (κ1) is 16.5. The van der Waals surface area contributed by atoms with Crippen LogP contribution in [0.15, 0.2) is 30.3 Å². The van der Waals surface area contributed by atoms with Gasteiger partial charge in [-0.25, -0.2) is 0 Å². The second-order valence-electron chi connectivity index (χ2n) is 5.42. The zero-order valence-electron chi connectivity index (χ0n) is 13.0. The lowest BCUT2D eigenvalue weighted by Gasteiger charge is -2.21. The zero-order chi connectivity index (χ0) is 15.9. The molecule has 0 saturated carbocycles. The number of nitrogens with one attached hydrogen (secondary N) is 2. The number of hydrogen-bond donors (Lipinski definition) is 2. The van der Waals surface area contributed by atoms with Crippen molar-refractivity contribution in [3.05, 3.63) is 30.3 Å². The molecule has 6 nitrogen and oxygen atoms in total. The number of methoxy groups -OCH3 is 1. The average Bonchev–Trinajstić information content (AvgIpc) is 2.79. The van der Waals surface area contributed by atoms with E-state index in [0.29, 0.717) is 19.6 Å². The fourth-order valence-electron chi connectivity index (χ4n) is 2.64. The predicted octanol–water partition coefficient (Wildman–Crippen LogP) is 0.533. The van der Waals surface area contributed by atoms with Crippen molar-refractivity contribution >= 4 is 17.5 Å². The number of rotatable bonds is 7. The molecule has 0 aliphatic carbocycles. The first-order valence-electron chi connectivity index (χ1n) is 7.50. The fraction of sp³-hybridized carbons (Fsp3) is 0.500. The number of para-hydroxylation sites is 1. The van der Waals surface area contributed by atoms with Gasteiger partial charge in [0.25, 0.3) is 0 Å². The van der Waals surface area contributed by atoms with Gasteiger partial charge in [0, 0.05) is 25.4 Å². The van der Waals surface area contributed by atoms with Gasteiger partial charge in [0.2, 0.25) is 11.8 Å². The normalized spacial score (nSPS) is 21.2.